The second kappa shape index (κ2) is 8.04. The summed E-state index contributed by atoms with van der Waals surface area (Å²) in [6.45, 7) is 10.5. The molecular formula is C26H26N2O. The number of rotatable bonds is 4. The van der Waals surface area contributed by atoms with Crippen molar-refractivity contribution >= 4 is 28.7 Å². The molecule has 146 valence electrons. The molecule has 29 heavy (non-hydrogen) atoms. The molecule has 2 aliphatic rings. The molecule has 3 heteroatoms. The molecule has 0 N–H and O–H groups in total. The summed E-state index contributed by atoms with van der Waals surface area (Å²) in [5, 5.41) is 0. The highest BCUT2D eigenvalue weighted by atomic mass is 16.5. The molecule has 0 aromatic heterocycles. The van der Waals surface area contributed by atoms with Crippen LogP contribution in [-0.4, -0.2) is 11.6 Å². The SMILES string of the molecule is C=C1OC(C(C)/C=C\C(=C/C)C2=Nc3ccccc3C(C)C2)=Nc2ccccc21. The summed E-state index contributed by atoms with van der Waals surface area (Å²) in [4.78, 5) is 9.61. The molecule has 0 fully saturated rings. The third kappa shape index (κ3) is 3.86. The first-order valence-corrected chi connectivity index (χ1v) is 10.1. The zero-order chi connectivity index (χ0) is 20.4. The highest BCUT2D eigenvalue weighted by Crippen LogP contribution is 2.36. The van der Waals surface area contributed by atoms with Crippen molar-refractivity contribution in [3.05, 3.63) is 90.0 Å². The molecule has 0 saturated heterocycles. The van der Waals surface area contributed by atoms with E-state index in [0.717, 1.165) is 34.6 Å². The fourth-order valence-electron chi connectivity index (χ4n) is 3.79. The summed E-state index contributed by atoms with van der Waals surface area (Å²) in [7, 11) is 0. The summed E-state index contributed by atoms with van der Waals surface area (Å²) in [6, 6.07) is 16.3. The van der Waals surface area contributed by atoms with Crippen LogP contribution in [0.4, 0.5) is 11.4 Å². The molecule has 2 heterocycles. The van der Waals surface area contributed by atoms with Gasteiger partial charge in [-0.25, -0.2) is 4.99 Å². The zero-order valence-corrected chi connectivity index (χ0v) is 17.2. The van der Waals surface area contributed by atoms with Gasteiger partial charge in [0.15, 0.2) is 0 Å². The van der Waals surface area contributed by atoms with E-state index in [9.17, 15) is 0 Å². The summed E-state index contributed by atoms with van der Waals surface area (Å²) < 4.78 is 5.90. The van der Waals surface area contributed by atoms with Crippen molar-refractivity contribution in [2.75, 3.05) is 0 Å². The summed E-state index contributed by atoms with van der Waals surface area (Å²) in [5.41, 5.74) is 6.54. The van der Waals surface area contributed by atoms with Gasteiger partial charge < -0.3 is 4.74 Å². The lowest BCUT2D eigenvalue weighted by Crippen LogP contribution is -2.16. The number of hydrogen-bond acceptors (Lipinski definition) is 3. The van der Waals surface area contributed by atoms with Gasteiger partial charge in [-0.1, -0.05) is 69.0 Å². The quantitative estimate of drug-likeness (QED) is 0.518. The van der Waals surface area contributed by atoms with Crippen LogP contribution in [0.1, 0.15) is 44.2 Å². The van der Waals surface area contributed by atoms with Crippen LogP contribution in [0.3, 0.4) is 0 Å². The predicted octanol–water partition coefficient (Wildman–Crippen LogP) is 7.14. The molecule has 0 spiro atoms. The number of allylic oxidation sites excluding steroid dienone is 3. The van der Waals surface area contributed by atoms with E-state index in [0.29, 0.717) is 17.6 Å². The maximum absolute atomic E-state index is 5.90. The van der Waals surface area contributed by atoms with Gasteiger partial charge in [-0.15, -0.1) is 0 Å². The molecule has 3 nitrogen and oxygen atoms in total. The number of hydrogen-bond donors (Lipinski definition) is 0. The Bertz CT molecular complexity index is 1070. The Morgan fingerprint density at radius 1 is 1.10 bits per heavy atom. The molecule has 2 unspecified atom stereocenters. The molecule has 0 aliphatic carbocycles. The molecule has 2 aromatic rings. The molecule has 2 atom stereocenters. The van der Waals surface area contributed by atoms with E-state index >= 15 is 0 Å². The van der Waals surface area contributed by atoms with Crippen molar-refractivity contribution in [2.24, 2.45) is 15.9 Å². The number of para-hydroxylation sites is 2. The Balaban J connectivity index is 1.56. The lowest BCUT2D eigenvalue weighted by molar-refractivity contribution is 0.473. The first kappa shape index (κ1) is 19.1. The van der Waals surface area contributed by atoms with Gasteiger partial charge >= 0.3 is 0 Å². The number of ether oxygens (including phenoxy) is 1. The second-order valence-corrected chi connectivity index (χ2v) is 7.61. The van der Waals surface area contributed by atoms with Crippen LogP contribution in [0.15, 0.2) is 88.9 Å². The lowest BCUT2D eigenvalue weighted by Gasteiger charge is -2.23. The van der Waals surface area contributed by atoms with Gasteiger partial charge in [0, 0.05) is 11.3 Å². The largest absolute Gasteiger partial charge is 0.442 e. The van der Waals surface area contributed by atoms with Crippen LogP contribution in [-0.2, 0) is 4.74 Å². The number of benzene rings is 2. The van der Waals surface area contributed by atoms with E-state index in [2.05, 4.69) is 74.8 Å². The van der Waals surface area contributed by atoms with Crippen LogP contribution in [0.5, 0.6) is 0 Å². The van der Waals surface area contributed by atoms with Gasteiger partial charge in [0.25, 0.3) is 0 Å². The van der Waals surface area contributed by atoms with Crippen LogP contribution in [0.25, 0.3) is 5.76 Å². The Kier molecular flexibility index (Phi) is 5.30. The van der Waals surface area contributed by atoms with Gasteiger partial charge in [-0.2, -0.15) is 0 Å². The normalized spacial score (nSPS) is 19.8. The van der Waals surface area contributed by atoms with E-state index < -0.39 is 0 Å². The fourth-order valence-corrected chi connectivity index (χ4v) is 3.79. The third-order valence-corrected chi connectivity index (χ3v) is 5.48. The molecule has 2 aromatic carbocycles. The Morgan fingerprint density at radius 3 is 2.62 bits per heavy atom. The minimum atomic E-state index is 0.0314. The summed E-state index contributed by atoms with van der Waals surface area (Å²) >= 11 is 0. The van der Waals surface area contributed by atoms with Crippen molar-refractivity contribution in [1.82, 2.24) is 0 Å². The smallest absolute Gasteiger partial charge is 0.201 e. The third-order valence-electron chi connectivity index (χ3n) is 5.48. The topological polar surface area (TPSA) is 34.0 Å². The number of aliphatic imine (C=N–C) groups is 2. The minimum Gasteiger partial charge on any atom is -0.442 e. The molecule has 2 aliphatic heterocycles. The van der Waals surface area contributed by atoms with Gasteiger partial charge in [0.05, 0.1) is 17.3 Å². The molecule has 4 rings (SSSR count). The molecule has 0 saturated carbocycles. The monoisotopic (exact) mass is 382 g/mol. The van der Waals surface area contributed by atoms with E-state index in [1.54, 1.807) is 0 Å². The van der Waals surface area contributed by atoms with Crippen LogP contribution in [0.2, 0.25) is 0 Å². The average Bonchev–Trinajstić information content (AvgIpc) is 2.74. The van der Waals surface area contributed by atoms with E-state index in [1.165, 1.54) is 5.56 Å². The predicted molar refractivity (Wildman–Crippen MR) is 122 cm³/mol. The average molecular weight is 383 g/mol. The summed E-state index contributed by atoms with van der Waals surface area (Å²) in [6.07, 6.45) is 7.33. The second-order valence-electron chi connectivity index (χ2n) is 7.61. The Hall–Kier alpha value is -3.20. The minimum absolute atomic E-state index is 0.0314. The first-order chi connectivity index (χ1) is 14.1. The van der Waals surface area contributed by atoms with Crippen LogP contribution in [0, 0.1) is 5.92 Å². The van der Waals surface area contributed by atoms with Crippen molar-refractivity contribution in [3.63, 3.8) is 0 Å². The van der Waals surface area contributed by atoms with Gasteiger partial charge in [-0.05, 0) is 48.6 Å². The van der Waals surface area contributed by atoms with Gasteiger partial charge in [0.1, 0.15) is 5.76 Å². The van der Waals surface area contributed by atoms with Crippen LogP contribution >= 0.6 is 0 Å². The molecular weight excluding hydrogens is 356 g/mol. The van der Waals surface area contributed by atoms with Crippen molar-refractivity contribution in [2.45, 2.75) is 33.1 Å². The van der Waals surface area contributed by atoms with Crippen LogP contribution < -0.4 is 0 Å². The highest BCUT2D eigenvalue weighted by Gasteiger charge is 2.22. The molecule has 0 radical (unpaired) electrons. The maximum atomic E-state index is 5.90. The standard InChI is InChI=1S/C26H26N2O/c1-5-20(25-16-18(3)21-10-6-8-12-23(21)27-25)15-14-17(2)26-28-24-13-9-7-11-22(24)19(4)29-26/h5-15,17-18H,4,16H2,1-3H3/b15-14-,20-5+. The van der Waals surface area contributed by atoms with Crippen molar-refractivity contribution in [1.29, 1.82) is 0 Å². The first-order valence-electron chi connectivity index (χ1n) is 10.1. The highest BCUT2D eigenvalue weighted by molar-refractivity contribution is 6.05. The van der Waals surface area contributed by atoms with Crippen molar-refractivity contribution < 1.29 is 4.74 Å². The van der Waals surface area contributed by atoms with E-state index in [4.69, 9.17) is 9.73 Å². The molecule has 0 amide bonds. The number of fused-ring (bicyclic) bond motifs is 2. The number of nitrogens with zero attached hydrogens (tertiary/aromatic N) is 2. The van der Waals surface area contributed by atoms with E-state index in [1.807, 2.05) is 24.3 Å². The molecule has 0 bridgehead atoms. The Labute approximate surface area is 172 Å². The van der Waals surface area contributed by atoms with Gasteiger partial charge in [0.2, 0.25) is 5.90 Å². The van der Waals surface area contributed by atoms with Gasteiger partial charge in [-0.3, -0.25) is 4.99 Å². The maximum Gasteiger partial charge on any atom is 0.201 e. The lowest BCUT2D eigenvalue weighted by atomic mass is 9.88. The Morgan fingerprint density at radius 2 is 1.83 bits per heavy atom. The fraction of sp³-hybridized carbons (Fsp3) is 0.231. The van der Waals surface area contributed by atoms with E-state index in [-0.39, 0.29) is 5.92 Å². The summed E-state index contributed by atoms with van der Waals surface area (Å²) in [5.74, 6) is 1.82. The van der Waals surface area contributed by atoms with Crippen molar-refractivity contribution in [3.8, 4) is 0 Å². The zero-order valence-electron chi connectivity index (χ0n) is 17.2.